The smallest absolute Gasteiger partial charge is 0.344 e. The van der Waals surface area contributed by atoms with Crippen LogP contribution in [0.4, 0.5) is 4.39 Å². The van der Waals surface area contributed by atoms with Gasteiger partial charge in [-0.3, -0.25) is 4.79 Å². The van der Waals surface area contributed by atoms with Gasteiger partial charge in [0.1, 0.15) is 22.8 Å². The Morgan fingerprint density at radius 3 is 2.80 bits per heavy atom. The highest BCUT2D eigenvalue weighted by Gasteiger charge is 2.27. The van der Waals surface area contributed by atoms with Crippen molar-refractivity contribution in [3.05, 3.63) is 40.4 Å². The summed E-state index contributed by atoms with van der Waals surface area (Å²) in [6, 6.07) is 4.07. The first kappa shape index (κ1) is 18.9. The fourth-order valence-corrected chi connectivity index (χ4v) is 2.38. The van der Waals surface area contributed by atoms with Crippen LogP contribution in [-0.2, 0) is 9.53 Å². The number of halogens is 2. The van der Waals surface area contributed by atoms with Gasteiger partial charge in [-0.05, 0) is 32.4 Å². The van der Waals surface area contributed by atoms with Gasteiger partial charge in [0.15, 0.2) is 6.61 Å². The first-order chi connectivity index (χ1) is 11.8. The van der Waals surface area contributed by atoms with Gasteiger partial charge in [0.25, 0.3) is 5.91 Å². The summed E-state index contributed by atoms with van der Waals surface area (Å²) in [4.78, 5) is 24.1. The van der Waals surface area contributed by atoms with Gasteiger partial charge in [-0.15, -0.1) is 0 Å². The van der Waals surface area contributed by atoms with E-state index in [1.165, 1.54) is 25.1 Å². The lowest BCUT2D eigenvalue weighted by molar-refractivity contribution is -0.124. The van der Waals surface area contributed by atoms with Crippen molar-refractivity contribution >= 4 is 23.5 Å². The summed E-state index contributed by atoms with van der Waals surface area (Å²) >= 11 is 6.01. The third kappa shape index (κ3) is 4.36. The summed E-state index contributed by atoms with van der Waals surface area (Å²) in [5.41, 5.74) is -0.187. The summed E-state index contributed by atoms with van der Waals surface area (Å²) < 4.78 is 24.1. The number of aromatic nitrogens is 1. The molecule has 0 bridgehead atoms. The zero-order chi connectivity index (χ0) is 18.6. The van der Waals surface area contributed by atoms with Gasteiger partial charge in [-0.25, -0.2) is 9.18 Å². The first-order valence-electron chi connectivity index (χ1n) is 7.72. The molecule has 0 fully saturated rings. The molecule has 134 valence electrons. The van der Waals surface area contributed by atoms with Crippen LogP contribution in [0.5, 0.6) is 0 Å². The van der Waals surface area contributed by atoms with E-state index in [1.54, 1.807) is 0 Å². The summed E-state index contributed by atoms with van der Waals surface area (Å²) in [5.74, 6) is -1.78. The number of ether oxygens (including phenoxy) is 1. The summed E-state index contributed by atoms with van der Waals surface area (Å²) in [6.07, 6.45) is 0.750. The predicted octanol–water partition coefficient (Wildman–Crippen LogP) is 3.51. The second-order valence-electron chi connectivity index (χ2n) is 5.51. The third-order valence-corrected chi connectivity index (χ3v) is 3.94. The molecule has 1 atom stereocenters. The quantitative estimate of drug-likeness (QED) is 0.789. The highest BCUT2D eigenvalue weighted by atomic mass is 35.5. The van der Waals surface area contributed by atoms with Gasteiger partial charge in [-0.2, -0.15) is 0 Å². The molecule has 0 aliphatic rings. The molecule has 0 unspecified atom stereocenters. The molecule has 0 saturated heterocycles. The molecule has 25 heavy (non-hydrogen) atoms. The third-order valence-electron chi connectivity index (χ3n) is 3.62. The van der Waals surface area contributed by atoms with Crippen LogP contribution in [0, 0.1) is 12.7 Å². The van der Waals surface area contributed by atoms with E-state index in [2.05, 4.69) is 10.5 Å². The lowest BCUT2D eigenvalue weighted by atomic mass is 10.1. The minimum Gasteiger partial charge on any atom is -0.452 e. The van der Waals surface area contributed by atoms with Crippen LogP contribution < -0.4 is 5.32 Å². The van der Waals surface area contributed by atoms with Gasteiger partial charge in [0, 0.05) is 6.04 Å². The monoisotopic (exact) mass is 368 g/mol. The molecule has 8 heteroatoms. The highest BCUT2D eigenvalue weighted by Crippen LogP contribution is 2.33. The van der Waals surface area contributed by atoms with E-state index in [9.17, 15) is 14.0 Å². The zero-order valence-corrected chi connectivity index (χ0v) is 14.8. The van der Waals surface area contributed by atoms with Gasteiger partial charge in [0.05, 0.1) is 10.6 Å². The Bertz CT molecular complexity index is 771. The Kier molecular flexibility index (Phi) is 6.14. The Labute approximate surface area is 149 Å². The Balaban J connectivity index is 2.22. The van der Waals surface area contributed by atoms with Crippen LogP contribution in [0.2, 0.25) is 5.02 Å². The molecule has 1 aromatic carbocycles. The summed E-state index contributed by atoms with van der Waals surface area (Å²) in [7, 11) is 0. The highest BCUT2D eigenvalue weighted by molar-refractivity contribution is 6.33. The number of hydrogen-bond donors (Lipinski definition) is 1. The molecule has 6 nitrogen and oxygen atoms in total. The maximum absolute atomic E-state index is 14.1. The molecule has 0 saturated carbocycles. The molecule has 2 rings (SSSR count). The van der Waals surface area contributed by atoms with E-state index in [-0.39, 0.29) is 33.6 Å². The van der Waals surface area contributed by atoms with Gasteiger partial charge < -0.3 is 14.6 Å². The fourth-order valence-electron chi connectivity index (χ4n) is 2.13. The van der Waals surface area contributed by atoms with Crippen molar-refractivity contribution in [2.24, 2.45) is 0 Å². The number of esters is 1. The van der Waals surface area contributed by atoms with Crippen molar-refractivity contribution < 1.29 is 23.2 Å². The van der Waals surface area contributed by atoms with Crippen LogP contribution >= 0.6 is 11.6 Å². The molecule has 0 aliphatic heterocycles. The average Bonchev–Trinajstić information content (AvgIpc) is 2.93. The normalized spacial score (nSPS) is 11.9. The lowest BCUT2D eigenvalue weighted by Gasteiger charge is -2.11. The zero-order valence-electron chi connectivity index (χ0n) is 14.1. The number of rotatable bonds is 6. The molecule has 0 spiro atoms. The summed E-state index contributed by atoms with van der Waals surface area (Å²) in [6.45, 7) is 4.78. The van der Waals surface area contributed by atoms with E-state index < -0.39 is 24.3 Å². The fraction of sp³-hybridized carbons (Fsp3) is 0.353. The average molecular weight is 369 g/mol. The molecule has 1 N–H and O–H groups in total. The Morgan fingerprint density at radius 1 is 1.44 bits per heavy atom. The van der Waals surface area contributed by atoms with Crippen molar-refractivity contribution in [2.45, 2.75) is 33.2 Å². The first-order valence-corrected chi connectivity index (χ1v) is 8.10. The maximum atomic E-state index is 14.1. The molecule has 0 radical (unpaired) electrons. The van der Waals surface area contributed by atoms with Crippen LogP contribution in [0.3, 0.4) is 0 Å². The number of hydrogen-bond acceptors (Lipinski definition) is 5. The van der Waals surface area contributed by atoms with Gasteiger partial charge in [-0.1, -0.05) is 29.7 Å². The van der Waals surface area contributed by atoms with Crippen molar-refractivity contribution in [3.63, 3.8) is 0 Å². The van der Waals surface area contributed by atoms with Gasteiger partial charge >= 0.3 is 5.97 Å². The van der Waals surface area contributed by atoms with Crippen molar-refractivity contribution in [3.8, 4) is 11.3 Å². The largest absolute Gasteiger partial charge is 0.452 e. The Morgan fingerprint density at radius 2 is 2.16 bits per heavy atom. The van der Waals surface area contributed by atoms with E-state index in [0.717, 1.165) is 6.42 Å². The van der Waals surface area contributed by atoms with Crippen LogP contribution in [0.1, 0.15) is 36.4 Å². The maximum Gasteiger partial charge on any atom is 0.344 e. The standard InChI is InChI=1S/C17H18ClFN2O4/c1-4-9(2)20-13(22)8-24-17(23)14-10(3)25-21-16(14)15-11(18)6-5-7-12(15)19/h5-7,9H,4,8H2,1-3H3,(H,20,22)/t9-/m1/s1. The SMILES string of the molecule is CC[C@@H](C)NC(=O)COC(=O)c1c(-c2c(F)cccc2Cl)noc1C. The predicted molar refractivity (Wildman–Crippen MR) is 89.8 cm³/mol. The molecule has 0 aliphatic carbocycles. The molecular formula is C17H18ClFN2O4. The van der Waals surface area contributed by atoms with Crippen molar-refractivity contribution in [1.82, 2.24) is 10.5 Å². The number of aryl methyl sites for hydroxylation is 1. The second-order valence-corrected chi connectivity index (χ2v) is 5.92. The molecule has 1 heterocycles. The molecule has 1 aromatic heterocycles. The van der Waals surface area contributed by atoms with Crippen LogP contribution in [-0.4, -0.2) is 29.7 Å². The number of carbonyl (C=O) groups is 2. The molecular weight excluding hydrogens is 351 g/mol. The second kappa shape index (κ2) is 8.11. The topological polar surface area (TPSA) is 81.4 Å². The van der Waals surface area contributed by atoms with Crippen LogP contribution in [0.25, 0.3) is 11.3 Å². The van der Waals surface area contributed by atoms with Crippen molar-refractivity contribution in [2.75, 3.05) is 6.61 Å². The van der Waals surface area contributed by atoms with E-state index in [0.29, 0.717) is 0 Å². The van der Waals surface area contributed by atoms with Crippen LogP contribution in [0.15, 0.2) is 22.7 Å². The van der Waals surface area contributed by atoms with Crippen molar-refractivity contribution in [1.29, 1.82) is 0 Å². The number of amides is 1. The van der Waals surface area contributed by atoms with E-state index in [4.69, 9.17) is 20.9 Å². The number of carbonyl (C=O) groups excluding carboxylic acids is 2. The minimum atomic E-state index is -0.840. The van der Waals surface area contributed by atoms with E-state index >= 15 is 0 Å². The minimum absolute atomic E-state index is 0.0312. The number of benzene rings is 1. The molecule has 1 amide bonds. The molecule has 2 aromatic rings. The Hall–Kier alpha value is -2.41. The lowest BCUT2D eigenvalue weighted by Crippen LogP contribution is -2.35. The number of nitrogens with zero attached hydrogens (tertiary/aromatic N) is 1. The number of nitrogens with one attached hydrogen (secondary N) is 1. The summed E-state index contributed by atoms with van der Waals surface area (Å²) in [5, 5.41) is 6.47. The van der Waals surface area contributed by atoms with Gasteiger partial charge in [0.2, 0.25) is 0 Å². The van der Waals surface area contributed by atoms with E-state index in [1.807, 2.05) is 13.8 Å².